The van der Waals surface area contributed by atoms with Gasteiger partial charge in [-0.1, -0.05) is 30.0 Å². The predicted molar refractivity (Wildman–Crippen MR) is 117 cm³/mol. The summed E-state index contributed by atoms with van der Waals surface area (Å²) in [5.41, 5.74) is 6.86. The number of rotatable bonds is 9. The molecular weight excluding hydrogens is 402 g/mol. The van der Waals surface area contributed by atoms with E-state index in [9.17, 15) is 9.59 Å². The Labute approximate surface area is 178 Å². The van der Waals surface area contributed by atoms with Crippen molar-refractivity contribution in [3.8, 4) is 17.1 Å². The Hall–Kier alpha value is -3.59. The smallest absolute Gasteiger partial charge is 0.250 e. The fourth-order valence-electron chi connectivity index (χ4n) is 2.77. The number of hydrogen-bond acceptors (Lipinski definition) is 6. The first-order valence-corrected chi connectivity index (χ1v) is 10.0. The van der Waals surface area contributed by atoms with Crippen LogP contribution in [-0.2, 0) is 11.3 Å². The highest BCUT2D eigenvalue weighted by molar-refractivity contribution is 7.99. The third kappa shape index (κ3) is 4.87. The Morgan fingerprint density at radius 2 is 1.93 bits per heavy atom. The maximum Gasteiger partial charge on any atom is 0.250 e. The molecule has 0 saturated carbocycles. The number of primary amides is 1. The fraction of sp³-hybridized carbons (Fsp3) is 0.143. The van der Waals surface area contributed by atoms with Crippen molar-refractivity contribution in [1.29, 1.82) is 0 Å². The van der Waals surface area contributed by atoms with Crippen LogP contribution in [0.3, 0.4) is 0 Å². The molecule has 0 spiro atoms. The number of para-hydroxylation sites is 1. The summed E-state index contributed by atoms with van der Waals surface area (Å²) < 4.78 is 7.07. The van der Waals surface area contributed by atoms with E-state index in [4.69, 9.17) is 10.5 Å². The lowest BCUT2D eigenvalue weighted by Crippen LogP contribution is -2.19. The van der Waals surface area contributed by atoms with E-state index in [0.717, 1.165) is 11.3 Å². The van der Waals surface area contributed by atoms with Crippen molar-refractivity contribution in [1.82, 2.24) is 14.8 Å². The molecule has 0 atom stereocenters. The predicted octanol–water partition coefficient (Wildman–Crippen LogP) is 2.97. The number of aromatic nitrogens is 3. The number of amides is 2. The van der Waals surface area contributed by atoms with Gasteiger partial charge < -0.3 is 15.8 Å². The Bertz CT molecular complexity index is 1060. The minimum absolute atomic E-state index is 0.0883. The molecule has 3 rings (SSSR count). The van der Waals surface area contributed by atoms with Crippen molar-refractivity contribution < 1.29 is 14.3 Å². The first kappa shape index (κ1) is 21.1. The molecule has 0 radical (unpaired) electrons. The lowest BCUT2D eigenvalue weighted by Gasteiger charge is -2.10. The molecule has 0 aliphatic rings. The SMILES string of the molecule is C=CCn1c(SCC(=O)Nc2ccccc2C(N)=O)nnc1-c1ccc(OC)cc1. The zero-order valence-corrected chi connectivity index (χ0v) is 17.2. The number of ether oxygens (including phenoxy) is 1. The summed E-state index contributed by atoms with van der Waals surface area (Å²) in [5.74, 6) is 0.613. The van der Waals surface area contributed by atoms with Crippen LogP contribution in [0.5, 0.6) is 5.75 Å². The largest absolute Gasteiger partial charge is 0.497 e. The normalized spacial score (nSPS) is 10.4. The Morgan fingerprint density at radius 1 is 1.20 bits per heavy atom. The molecule has 0 saturated heterocycles. The number of hydrogen-bond donors (Lipinski definition) is 2. The minimum Gasteiger partial charge on any atom is -0.497 e. The number of nitrogens with zero attached hydrogens (tertiary/aromatic N) is 3. The van der Waals surface area contributed by atoms with Crippen LogP contribution in [0.2, 0.25) is 0 Å². The van der Waals surface area contributed by atoms with Gasteiger partial charge in [0, 0.05) is 12.1 Å². The first-order chi connectivity index (χ1) is 14.5. The second kappa shape index (κ2) is 9.75. The van der Waals surface area contributed by atoms with Gasteiger partial charge in [0.2, 0.25) is 5.91 Å². The van der Waals surface area contributed by atoms with Gasteiger partial charge in [-0.3, -0.25) is 14.2 Å². The molecule has 1 aromatic heterocycles. The molecule has 9 heteroatoms. The number of benzene rings is 2. The summed E-state index contributed by atoms with van der Waals surface area (Å²) in [6, 6.07) is 14.1. The molecule has 0 aliphatic heterocycles. The average Bonchev–Trinajstić information content (AvgIpc) is 3.15. The topological polar surface area (TPSA) is 112 Å². The molecule has 30 heavy (non-hydrogen) atoms. The number of anilines is 1. The number of nitrogens with one attached hydrogen (secondary N) is 1. The van der Waals surface area contributed by atoms with Gasteiger partial charge in [0.15, 0.2) is 11.0 Å². The first-order valence-electron chi connectivity index (χ1n) is 9.03. The molecule has 0 fully saturated rings. The number of thioether (sulfide) groups is 1. The van der Waals surface area contributed by atoms with E-state index in [0.29, 0.717) is 23.2 Å². The quantitative estimate of drug-likeness (QED) is 0.404. The fourth-order valence-corrected chi connectivity index (χ4v) is 3.51. The number of carbonyl (C=O) groups is 2. The summed E-state index contributed by atoms with van der Waals surface area (Å²) in [7, 11) is 1.61. The number of nitrogens with two attached hydrogens (primary N) is 1. The number of allylic oxidation sites excluding steroid dienone is 1. The highest BCUT2D eigenvalue weighted by atomic mass is 32.2. The molecule has 2 aromatic carbocycles. The Kier molecular flexibility index (Phi) is 6.87. The van der Waals surface area contributed by atoms with E-state index in [1.807, 2.05) is 28.8 Å². The summed E-state index contributed by atoms with van der Waals surface area (Å²) in [6.45, 7) is 4.28. The zero-order valence-electron chi connectivity index (χ0n) is 16.4. The van der Waals surface area contributed by atoms with Gasteiger partial charge in [0.05, 0.1) is 24.1 Å². The molecule has 0 aliphatic carbocycles. The summed E-state index contributed by atoms with van der Waals surface area (Å²) in [5, 5.41) is 11.8. The van der Waals surface area contributed by atoms with Crippen molar-refractivity contribution in [2.24, 2.45) is 5.73 Å². The second-order valence-electron chi connectivity index (χ2n) is 6.18. The van der Waals surface area contributed by atoms with Gasteiger partial charge in [0.1, 0.15) is 5.75 Å². The monoisotopic (exact) mass is 423 g/mol. The zero-order chi connectivity index (χ0) is 21.5. The van der Waals surface area contributed by atoms with Crippen molar-refractivity contribution >= 4 is 29.3 Å². The van der Waals surface area contributed by atoms with E-state index in [1.54, 1.807) is 37.5 Å². The maximum absolute atomic E-state index is 12.4. The third-order valence-corrected chi connectivity index (χ3v) is 5.14. The van der Waals surface area contributed by atoms with Crippen LogP contribution in [-0.4, -0.2) is 39.4 Å². The molecule has 3 aromatic rings. The van der Waals surface area contributed by atoms with Gasteiger partial charge in [-0.05, 0) is 36.4 Å². The van der Waals surface area contributed by atoms with E-state index in [1.165, 1.54) is 11.8 Å². The minimum atomic E-state index is -0.603. The van der Waals surface area contributed by atoms with E-state index in [2.05, 4.69) is 22.1 Å². The van der Waals surface area contributed by atoms with E-state index >= 15 is 0 Å². The molecular formula is C21H21N5O3S. The third-order valence-electron chi connectivity index (χ3n) is 4.18. The number of methoxy groups -OCH3 is 1. The van der Waals surface area contributed by atoms with Crippen LogP contribution in [0.1, 0.15) is 10.4 Å². The van der Waals surface area contributed by atoms with E-state index < -0.39 is 5.91 Å². The lowest BCUT2D eigenvalue weighted by molar-refractivity contribution is -0.113. The van der Waals surface area contributed by atoms with Crippen LogP contribution in [0.25, 0.3) is 11.4 Å². The Morgan fingerprint density at radius 3 is 2.60 bits per heavy atom. The van der Waals surface area contributed by atoms with Crippen molar-refractivity contribution in [3.63, 3.8) is 0 Å². The molecule has 2 amide bonds. The van der Waals surface area contributed by atoms with Gasteiger partial charge in [-0.2, -0.15) is 0 Å². The van der Waals surface area contributed by atoms with Crippen LogP contribution < -0.4 is 15.8 Å². The second-order valence-corrected chi connectivity index (χ2v) is 7.12. The molecule has 0 bridgehead atoms. The molecule has 8 nitrogen and oxygen atoms in total. The molecule has 0 unspecified atom stereocenters. The summed E-state index contributed by atoms with van der Waals surface area (Å²) in [6.07, 6.45) is 1.74. The lowest BCUT2D eigenvalue weighted by atomic mass is 10.1. The van der Waals surface area contributed by atoms with Crippen molar-refractivity contribution in [2.75, 3.05) is 18.2 Å². The average molecular weight is 423 g/mol. The molecule has 154 valence electrons. The number of carbonyl (C=O) groups excluding carboxylic acids is 2. The summed E-state index contributed by atoms with van der Waals surface area (Å²) in [4.78, 5) is 23.9. The standard InChI is InChI=1S/C21H21N5O3S/c1-3-12-26-20(14-8-10-15(29-2)11-9-14)24-25-21(26)30-13-18(27)23-17-7-5-4-6-16(17)19(22)28/h3-11H,1,12-13H2,2H3,(H2,22,28)(H,23,27). The highest BCUT2D eigenvalue weighted by Gasteiger charge is 2.16. The van der Waals surface area contributed by atoms with E-state index in [-0.39, 0.29) is 17.2 Å². The maximum atomic E-state index is 12.4. The van der Waals surface area contributed by atoms with Gasteiger partial charge in [-0.25, -0.2) is 0 Å². The van der Waals surface area contributed by atoms with Crippen LogP contribution in [0, 0.1) is 0 Å². The van der Waals surface area contributed by atoms with Crippen LogP contribution in [0.15, 0.2) is 66.3 Å². The van der Waals surface area contributed by atoms with Crippen LogP contribution in [0.4, 0.5) is 5.69 Å². The van der Waals surface area contributed by atoms with Crippen molar-refractivity contribution in [2.45, 2.75) is 11.7 Å². The molecule has 1 heterocycles. The Balaban J connectivity index is 1.73. The summed E-state index contributed by atoms with van der Waals surface area (Å²) >= 11 is 1.24. The van der Waals surface area contributed by atoms with Gasteiger partial charge in [0.25, 0.3) is 5.91 Å². The highest BCUT2D eigenvalue weighted by Crippen LogP contribution is 2.26. The molecule has 3 N–H and O–H groups in total. The van der Waals surface area contributed by atoms with Gasteiger partial charge in [-0.15, -0.1) is 16.8 Å². The van der Waals surface area contributed by atoms with Crippen LogP contribution >= 0.6 is 11.8 Å². The van der Waals surface area contributed by atoms with Gasteiger partial charge >= 0.3 is 0 Å². The van der Waals surface area contributed by atoms with Crippen molar-refractivity contribution in [3.05, 3.63) is 66.7 Å².